The standard InChI is InChI=1S/C28H47NO3S/c1-18(4-9-26(32)29-12-14-33-15-13-29)22-7-8-23-21-6-5-19-16-20(30)10-11-27(19,2)24(21)17-25(31)28(22,23)3/h18-25,30-31H,4-17H2,1-3H3/t18-,19-,20-,21+,22-,23+,24+,25+,27+,28-/m1/s1. The molecule has 1 amide bonds. The lowest BCUT2D eigenvalue weighted by Gasteiger charge is -2.62. The van der Waals surface area contributed by atoms with Crippen LogP contribution in [0.25, 0.3) is 0 Å². The summed E-state index contributed by atoms with van der Waals surface area (Å²) < 4.78 is 0. The van der Waals surface area contributed by atoms with Crippen LogP contribution in [-0.2, 0) is 4.79 Å². The molecule has 0 unspecified atom stereocenters. The highest BCUT2D eigenvalue weighted by Crippen LogP contribution is 2.68. The zero-order valence-corrected chi connectivity index (χ0v) is 22.0. The Morgan fingerprint density at radius 2 is 1.79 bits per heavy atom. The molecule has 1 heterocycles. The minimum absolute atomic E-state index is 0.00275. The molecular formula is C28H47NO3S. The molecule has 0 spiro atoms. The smallest absolute Gasteiger partial charge is 0.222 e. The number of carbonyl (C=O) groups excluding carboxylic acids is 1. The maximum Gasteiger partial charge on any atom is 0.222 e. The summed E-state index contributed by atoms with van der Waals surface area (Å²) in [6.45, 7) is 9.10. The van der Waals surface area contributed by atoms with E-state index >= 15 is 0 Å². The number of thioether (sulfide) groups is 1. The number of amides is 1. The zero-order valence-electron chi connectivity index (χ0n) is 21.2. The fourth-order valence-corrected chi connectivity index (χ4v) is 10.6. The van der Waals surface area contributed by atoms with Crippen LogP contribution in [0.4, 0.5) is 0 Å². The van der Waals surface area contributed by atoms with Gasteiger partial charge in [0.15, 0.2) is 0 Å². The lowest BCUT2D eigenvalue weighted by atomic mass is 9.43. The zero-order chi connectivity index (χ0) is 23.4. The summed E-state index contributed by atoms with van der Waals surface area (Å²) in [5.74, 6) is 6.13. The summed E-state index contributed by atoms with van der Waals surface area (Å²) in [7, 11) is 0. The van der Waals surface area contributed by atoms with Gasteiger partial charge in [-0.25, -0.2) is 0 Å². The van der Waals surface area contributed by atoms with Crippen molar-refractivity contribution in [2.75, 3.05) is 24.6 Å². The number of aliphatic hydroxyl groups is 2. The average Bonchev–Trinajstić information content (AvgIpc) is 3.18. The quantitative estimate of drug-likeness (QED) is 0.600. The van der Waals surface area contributed by atoms with E-state index in [-0.39, 0.29) is 17.6 Å². The van der Waals surface area contributed by atoms with Gasteiger partial charge in [-0.2, -0.15) is 11.8 Å². The highest BCUT2D eigenvalue weighted by atomic mass is 32.2. The van der Waals surface area contributed by atoms with Crippen LogP contribution >= 0.6 is 11.8 Å². The van der Waals surface area contributed by atoms with Gasteiger partial charge in [0.25, 0.3) is 0 Å². The second-order valence-electron chi connectivity index (χ2n) is 12.9. The number of rotatable bonds is 4. The van der Waals surface area contributed by atoms with Gasteiger partial charge in [-0.1, -0.05) is 20.8 Å². The normalized spacial score (nSPS) is 48.5. The molecule has 0 aromatic rings. The second-order valence-corrected chi connectivity index (χ2v) is 14.1. The Morgan fingerprint density at radius 3 is 2.55 bits per heavy atom. The summed E-state index contributed by atoms with van der Waals surface area (Å²) >= 11 is 1.95. The van der Waals surface area contributed by atoms with Crippen LogP contribution in [0, 0.1) is 46.3 Å². The first-order valence-electron chi connectivity index (χ1n) is 14.0. The summed E-state index contributed by atoms with van der Waals surface area (Å²) in [6, 6.07) is 0. The Balaban J connectivity index is 1.27. The van der Waals surface area contributed by atoms with E-state index in [1.165, 1.54) is 25.7 Å². The largest absolute Gasteiger partial charge is 0.393 e. The van der Waals surface area contributed by atoms with Crippen LogP contribution in [0.2, 0.25) is 0 Å². The number of hydrogen-bond donors (Lipinski definition) is 2. The molecule has 5 fully saturated rings. The van der Waals surface area contributed by atoms with E-state index in [2.05, 4.69) is 25.7 Å². The first kappa shape index (κ1) is 24.4. The summed E-state index contributed by atoms with van der Waals surface area (Å²) in [6.07, 6.45) is 10.3. The maximum absolute atomic E-state index is 12.8. The number of nitrogens with zero attached hydrogens (tertiary/aromatic N) is 1. The van der Waals surface area contributed by atoms with Crippen LogP contribution < -0.4 is 0 Å². The molecule has 0 aromatic carbocycles. The molecule has 5 rings (SSSR count). The summed E-state index contributed by atoms with van der Waals surface area (Å²) in [5.41, 5.74) is 0.302. The summed E-state index contributed by atoms with van der Waals surface area (Å²) in [5, 5.41) is 22.0. The lowest BCUT2D eigenvalue weighted by Crippen LogP contribution is -2.58. The van der Waals surface area contributed by atoms with Crippen molar-refractivity contribution in [2.24, 2.45) is 46.3 Å². The lowest BCUT2D eigenvalue weighted by molar-refractivity contribution is -0.175. The first-order valence-corrected chi connectivity index (χ1v) is 15.1. The Kier molecular flexibility index (Phi) is 6.90. The van der Waals surface area contributed by atoms with Crippen molar-refractivity contribution in [1.82, 2.24) is 4.90 Å². The van der Waals surface area contributed by atoms with Crippen LogP contribution in [0.15, 0.2) is 0 Å². The minimum Gasteiger partial charge on any atom is -0.393 e. The monoisotopic (exact) mass is 477 g/mol. The van der Waals surface area contributed by atoms with Crippen molar-refractivity contribution in [3.05, 3.63) is 0 Å². The minimum atomic E-state index is -0.226. The Bertz CT molecular complexity index is 726. The van der Waals surface area contributed by atoms with E-state index < -0.39 is 0 Å². The molecule has 1 aliphatic heterocycles. The van der Waals surface area contributed by atoms with Gasteiger partial charge in [0.2, 0.25) is 5.91 Å². The van der Waals surface area contributed by atoms with Gasteiger partial charge >= 0.3 is 0 Å². The molecular weight excluding hydrogens is 430 g/mol. The van der Waals surface area contributed by atoms with E-state index in [9.17, 15) is 15.0 Å². The second kappa shape index (κ2) is 9.32. The molecule has 4 aliphatic carbocycles. The fraction of sp³-hybridized carbons (Fsp3) is 0.964. The first-order chi connectivity index (χ1) is 15.7. The highest BCUT2D eigenvalue weighted by molar-refractivity contribution is 7.99. The van der Waals surface area contributed by atoms with Gasteiger partial charge in [0.1, 0.15) is 0 Å². The van der Waals surface area contributed by atoms with Crippen molar-refractivity contribution in [2.45, 2.75) is 97.2 Å². The van der Waals surface area contributed by atoms with Crippen molar-refractivity contribution < 1.29 is 15.0 Å². The van der Waals surface area contributed by atoms with Crippen molar-refractivity contribution in [3.8, 4) is 0 Å². The molecule has 33 heavy (non-hydrogen) atoms. The SMILES string of the molecule is C[C@H](CCC(=O)N1CCSCC1)[C@H]1CC[C@H]2[C@@H]3CC[C@@H]4C[C@H](O)CC[C@]4(C)[C@H]3C[C@H](O)[C@]12C. The van der Waals surface area contributed by atoms with Gasteiger partial charge < -0.3 is 15.1 Å². The van der Waals surface area contributed by atoms with Gasteiger partial charge in [-0.15, -0.1) is 0 Å². The van der Waals surface area contributed by atoms with Gasteiger partial charge in [-0.05, 0) is 104 Å². The molecule has 5 heteroatoms. The molecule has 188 valence electrons. The molecule has 10 atom stereocenters. The van der Waals surface area contributed by atoms with E-state index in [0.717, 1.165) is 62.6 Å². The van der Waals surface area contributed by atoms with Crippen molar-refractivity contribution in [3.63, 3.8) is 0 Å². The molecule has 0 bridgehead atoms. The average molecular weight is 478 g/mol. The van der Waals surface area contributed by atoms with Crippen LogP contribution in [0.3, 0.4) is 0 Å². The molecule has 0 aromatic heterocycles. The van der Waals surface area contributed by atoms with Crippen LogP contribution in [0.1, 0.15) is 85.0 Å². The third kappa shape index (κ3) is 4.10. The Labute approximate surface area is 205 Å². The number of aliphatic hydroxyl groups excluding tert-OH is 2. The van der Waals surface area contributed by atoms with Crippen LogP contribution in [0.5, 0.6) is 0 Å². The predicted octanol–water partition coefficient (Wildman–Crippen LogP) is 4.97. The van der Waals surface area contributed by atoms with E-state index in [1.807, 2.05) is 11.8 Å². The highest BCUT2D eigenvalue weighted by Gasteiger charge is 2.63. The maximum atomic E-state index is 12.8. The molecule has 4 nitrogen and oxygen atoms in total. The third-order valence-corrected chi connectivity index (χ3v) is 12.6. The molecule has 4 saturated carbocycles. The summed E-state index contributed by atoms with van der Waals surface area (Å²) in [4.78, 5) is 14.8. The molecule has 5 aliphatic rings. The van der Waals surface area contributed by atoms with Gasteiger partial charge in [0, 0.05) is 31.0 Å². The van der Waals surface area contributed by atoms with E-state index in [1.54, 1.807) is 0 Å². The fourth-order valence-electron chi connectivity index (χ4n) is 9.68. The Morgan fingerprint density at radius 1 is 1.03 bits per heavy atom. The van der Waals surface area contributed by atoms with Crippen molar-refractivity contribution in [1.29, 1.82) is 0 Å². The van der Waals surface area contributed by atoms with Crippen molar-refractivity contribution >= 4 is 17.7 Å². The molecule has 0 radical (unpaired) electrons. The van der Waals surface area contributed by atoms with E-state index in [0.29, 0.717) is 47.3 Å². The van der Waals surface area contributed by atoms with Gasteiger partial charge in [0.05, 0.1) is 12.2 Å². The van der Waals surface area contributed by atoms with Crippen LogP contribution in [-0.4, -0.2) is 57.8 Å². The predicted molar refractivity (Wildman–Crippen MR) is 135 cm³/mol. The van der Waals surface area contributed by atoms with E-state index in [4.69, 9.17) is 0 Å². The Hall–Kier alpha value is -0.260. The molecule has 1 saturated heterocycles. The molecule has 2 N–H and O–H groups in total. The third-order valence-electron chi connectivity index (χ3n) is 11.7. The topological polar surface area (TPSA) is 60.8 Å². The number of fused-ring (bicyclic) bond motifs is 5. The van der Waals surface area contributed by atoms with Gasteiger partial charge in [-0.3, -0.25) is 4.79 Å². The number of carbonyl (C=O) groups is 1. The number of hydrogen-bond acceptors (Lipinski definition) is 4.